The van der Waals surface area contributed by atoms with Crippen LogP contribution in [0.1, 0.15) is 48.8 Å². The Morgan fingerprint density at radius 1 is 0.882 bits per heavy atom. The van der Waals surface area contributed by atoms with Gasteiger partial charge in [-0.25, -0.2) is 8.42 Å². The lowest BCUT2D eigenvalue weighted by Crippen LogP contribution is -2.45. The number of aryl methyl sites for hydroxylation is 2. The second kappa shape index (κ2) is 9.55. The Morgan fingerprint density at radius 2 is 1.59 bits per heavy atom. The van der Waals surface area contributed by atoms with Gasteiger partial charge in [0.05, 0.1) is 4.90 Å². The molecule has 1 N–H and O–H groups in total. The van der Waals surface area contributed by atoms with E-state index in [-0.39, 0.29) is 17.6 Å². The lowest BCUT2D eigenvalue weighted by molar-refractivity contribution is -0.136. The lowest BCUT2D eigenvalue weighted by Gasteiger charge is -2.35. The number of sulfonamides is 1. The van der Waals surface area contributed by atoms with Gasteiger partial charge in [-0.15, -0.1) is 0 Å². The number of aromatic hydroxyl groups is 1. The number of phenols is 1. The lowest BCUT2D eigenvalue weighted by atomic mass is 9.92. The first-order chi connectivity index (χ1) is 16.4. The van der Waals surface area contributed by atoms with Gasteiger partial charge in [0.15, 0.2) is 0 Å². The van der Waals surface area contributed by atoms with E-state index < -0.39 is 10.0 Å². The van der Waals surface area contributed by atoms with Crippen LogP contribution in [0.2, 0.25) is 0 Å². The number of fused-ring (bicyclic) bond motifs is 1. The number of hydrogen-bond donors (Lipinski definition) is 1. The molecule has 1 saturated heterocycles. The Bertz CT molecular complexity index is 1200. The van der Waals surface area contributed by atoms with Crippen molar-refractivity contribution in [3.8, 4) is 5.75 Å². The molecule has 3 aliphatic rings. The highest BCUT2D eigenvalue weighted by atomic mass is 32.2. The molecule has 0 unspecified atom stereocenters. The van der Waals surface area contributed by atoms with Crippen molar-refractivity contribution in [3.63, 3.8) is 0 Å². The SMILES string of the molecule is O=C(C1CCN(S(=O)(=O)c2ccc3c(c2)CCCC3)CC1)N1CC=C(c2ccc(O)cc2)CC1. The fraction of sp³-hybridized carbons (Fsp3) is 0.444. The van der Waals surface area contributed by atoms with Gasteiger partial charge in [0, 0.05) is 32.1 Å². The minimum Gasteiger partial charge on any atom is -0.508 e. The van der Waals surface area contributed by atoms with Crippen molar-refractivity contribution < 1.29 is 18.3 Å². The molecule has 2 aromatic carbocycles. The van der Waals surface area contributed by atoms with Crippen LogP contribution in [0.4, 0.5) is 0 Å². The van der Waals surface area contributed by atoms with E-state index in [1.807, 2.05) is 29.2 Å². The molecule has 34 heavy (non-hydrogen) atoms. The molecule has 0 radical (unpaired) electrons. The predicted molar refractivity (Wildman–Crippen MR) is 132 cm³/mol. The van der Waals surface area contributed by atoms with E-state index in [9.17, 15) is 18.3 Å². The summed E-state index contributed by atoms with van der Waals surface area (Å²) >= 11 is 0. The van der Waals surface area contributed by atoms with Crippen LogP contribution >= 0.6 is 0 Å². The fourth-order valence-corrected chi connectivity index (χ4v) is 6.95. The minimum absolute atomic E-state index is 0.126. The van der Waals surface area contributed by atoms with Gasteiger partial charge in [-0.1, -0.05) is 24.3 Å². The van der Waals surface area contributed by atoms with Gasteiger partial charge < -0.3 is 10.0 Å². The number of phenolic OH excluding ortho intramolecular Hbond substituents is 1. The van der Waals surface area contributed by atoms with Crippen LogP contribution in [0.5, 0.6) is 5.75 Å². The van der Waals surface area contributed by atoms with Crippen LogP contribution in [0.15, 0.2) is 53.4 Å². The Balaban J connectivity index is 1.19. The second-order valence-corrected chi connectivity index (χ2v) is 11.6. The van der Waals surface area contributed by atoms with Crippen molar-refractivity contribution in [3.05, 3.63) is 65.2 Å². The summed E-state index contributed by atoms with van der Waals surface area (Å²) in [5.41, 5.74) is 4.71. The summed E-state index contributed by atoms with van der Waals surface area (Å²) < 4.78 is 28.1. The third kappa shape index (κ3) is 4.64. The van der Waals surface area contributed by atoms with Gasteiger partial charge in [0.25, 0.3) is 0 Å². The molecule has 2 heterocycles. The molecule has 1 amide bonds. The molecule has 0 atom stereocenters. The Kier molecular flexibility index (Phi) is 6.49. The maximum absolute atomic E-state index is 13.3. The van der Waals surface area contributed by atoms with Gasteiger partial charge in [-0.3, -0.25) is 4.79 Å². The van der Waals surface area contributed by atoms with E-state index in [2.05, 4.69) is 6.08 Å². The maximum Gasteiger partial charge on any atom is 0.243 e. The summed E-state index contributed by atoms with van der Waals surface area (Å²) in [5, 5.41) is 9.48. The van der Waals surface area contributed by atoms with Crippen molar-refractivity contribution in [2.24, 2.45) is 5.92 Å². The van der Waals surface area contributed by atoms with Crippen LogP contribution in [0, 0.1) is 5.92 Å². The average molecular weight is 481 g/mol. The average Bonchev–Trinajstić information content (AvgIpc) is 2.88. The first-order valence-electron chi connectivity index (χ1n) is 12.3. The monoisotopic (exact) mass is 480 g/mol. The van der Waals surface area contributed by atoms with Crippen LogP contribution in [0.3, 0.4) is 0 Å². The molecular formula is C27H32N2O4S. The van der Waals surface area contributed by atoms with Crippen molar-refractivity contribution in [1.82, 2.24) is 9.21 Å². The summed E-state index contributed by atoms with van der Waals surface area (Å²) in [6.07, 6.45) is 8.27. The van der Waals surface area contributed by atoms with Crippen molar-refractivity contribution in [1.29, 1.82) is 0 Å². The molecular weight excluding hydrogens is 448 g/mol. The van der Waals surface area contributed by atoms with E-state index >= 15 is 0 Å². The van der Waals surface area contributed by atoms with E-state index in [0.29, 0.717) is 43.9 Å². The molecule has 0 bridgehead atoms. The zero-order valence-corrected chi connectivity index (χ0v) is 20.3. The third-order valence-corrected chi connectivity index (χ3v) is 9.41. The third-order valence-electron chi connectivity index (χ3n) is 7.52. The number of carbonyl (C=O) groups is 1. The number of piperidine rings is 1. The van der Waals surface area contributed by atoms with Crippen molar-refractivity contribution in [2.45, 2.75) is 49.8 Å². The van der Waals surface area contributed by atoms with Crippen LogP contribution in [0.25, 0.3) is 5.57 Å². The zero-order valence-electron chi connectivity index (χ0n) is 19.4. The highest BCUT2D eigenvalue weighted by Gasteiger charge is 2.34. The first kappa shape index (κ1) is 23.1. The summed E-state index contributed by atoms with van der Waals surface area (Å²) in [5.74, 6) is 0.252. The van der Waals surface area contributed by atoms with Crippen LogP contribution in [-0.2, 0) is 27.7 Å². The van der Waals surface area contributed by atoms with E-state index in [0.717, 1.165) is 31.2 Å². The van der Waals surface area contributed by atoms with Gasteiger partial charge in [-0.2, -0.15) is 4.31 Å². The van der Waals surface area contributed by atoms with Gasteiger partial charge in [0.1, 0.15) is 5.75 Å². The number of hydrogen-bond acceptors (Lipinski definition) is 4. The number of nitrogens with zero attached hydrogens (tertiary/aromatic N) is 2. The van der Waals surface area contributed by atoms with E-state index in [1.54, 1.807) is 22.5 Å². The quantitative estimate of drug-likeness (QED) is 0.718. The van der Waals surface area contributed by atoms with Crippen LogP contribution in [-0.4, -0.2) is 54.8 Å². The van der Waals surface area contributed by atoms with Gasteiger partial charge >= 0.3 is 0 Å². The Morgan fingerprint density at radius 3 is 2.26 bits per heavy atom. The van der Waals surface area contributed by atoms with Gasteiger partial charge in [-0.05, 0) is 91.5 Å². The zero-order chi connectivity index (χ0) is 23.7. The normalized spacial score (nSPS) is 20.0. The number of carbonyl (C=O) groups excluding carboxylic acids is 1. The molecule has 0 saturated carbocycles. The summed E-state index contributed by atoms with van der Waals surface area (Å²) in [4.78, 5) is 15.4. The molecule has 180 valence electrons. The van der Waals surface area contributed by atoms with Crippen LogP contribution < -0.4 is 0 Å². The summed E-state index contributed by atoms with van der Waals surface area (Å²) in [6.45, 7) is 2.01. The highest BCUT2D eigenvalue weighted by Crippen LogP contribution is 2.30. The fourth-order valence-electron chi connectivity index (χ4n) is 5.43. The number of rotatable bonds is 4. The standard InChI is InChI=1S/C27H32N2O4S/c30-25-8-5-21(6-9-25)22-11-15-28(16-12-22)27(31)23-13-17-29(18-14-23)34(32,33)26-10-7-20-3-1-2-4-24(20)19-26/h5-11,19,23,30H,1-4,12-18H2. The summed E-state index contributed by atoms with van der Waals surface area (Å²) in [7, 11) is -3.53. The molecule has 5 rings (SSSR count). The Hall–Kier alpha value is -2.64. The molecule has 1 aliphatic carbocycles. The molecule has 6 nitrogen and oxygen atoms in total. The number of benzene rings is 2. The van der Waals surface area contributed by atoms with Crippen molar-refractivity contribution >= 4 is 21.5 Å². The highest BCUT2D eigenvalue weighted by molar-refractivity contribution is 7.89. The first-order valence-corrected chi connectivity index (χ1v) is 13.7. The summed E-state index contributed by atoms with van der Waals surface area (Å²) in [6, 6.07) is 12.8. The largest absolute Gasteiger partial charge is 0.508 e. The molecule has 2 aromatic rings. The van der Waals surface area contributed by atoms with Crippen molar-refractivity contribution in [2.75, 3.05) is 26.2 Å². The molecule has 7 heteroatoms. The number of amides is 1. The second-order valence-electron chi connectivity index (χ2n) is 9.63. The molecule has 2 aliphatic heterocycles. The smallest absolute Gasteiger partial charge is 0.243 e. The predicted octanol–water partition coefficient (Wildman–Crippen LogP) is 3.99. The van der Waals surface area contributed by atoms with E-state index in [4.69, 9.17) is 0 Å². The maximum atomic E-state index is 13.3. The van der Waals surface area contributed by atoms with Gasteiger partial charge in [0.2, 0.25) is 15.9 Å². The van der Waals surface area contributed by atoms with E-state index in [1.165, 1.54) is 23.1 Å². The Labute approximate surface area is 201 Å². The molecule has 1 fully saturated rings. The molecule has 0 spiro atoms. The topological polar surface area (TPSA) is 77.9 Å². The molecule has 0 aromatic heterocycles. The minimum atomic E-state index is -3.53.